The van der Waals surface area contributed by atoms with Gasteiger partial charge in [0, 0.05) is 0 Å². The number of ether oxygens (including phenoxy) is 2. The molecule has 5 nitrogen and oxygen atoms in total. The average molecular weight is 348 g/mol. The van der Waals surface area contributed by atoms with Crippen LogP contribution in [-0.4, -0.2) is 36.7 Å². The molecule has 0 saturated carbocycles. The number of esters is 1. The molecule has 1 aromatic carbocycles. The molecule has 3 aliphatic heterocycles. The van der Waals surface area contributed by atoms with Crippen molar-refractivity contribution in [2.75, 3.05) is 18.1 Å². The van der Waals surface area contributed by atoms with Crippen LogP contribution in [0.5, 0.6) is 0 Å². The van der Waals surface area contributed by atoms with Gasteiger partial charge in [-0.15, -0.1) is 0 Å². The summed E-state index contributed by atoms with van der Waals surface area (Å²) in [6.07, 6.45) is 4.16. The molecule has 0 N–H and O–H groups in total. The summed E-state index contributed by atoms with van der Waals surface area (Å²) in [4.78, 5) is 27.1. The van der Waals surface area contributed by atoms with Crippen molar-refractivity contribution in [1.82, 2.24) is 0 Å². The number of anilines is 1. The summed E-state index contributed by atoms with van der Waals surface area (Å²) in [7, 11) is 0. The number of carbonyl (C=O) groups is 2. The molecule has 24 heavy (non-hydrogen) atoms. The van der Waals surface area contributed by atoms with Crippen LogP contribution in [0.25, 0.3) is 0 Å². The molecule has 0 aromatic heterocycles. The Kier molecular flexibility index (Phi) is 3.66. The predicted octanol–water partition coefficient (Wildman–Crippen LogP) is 2.58. The maximum atomic E-state index is 13.1. The second kappa shape index (κ2) is 5.60. The Hall–Kier alpha value is -1.85. The number of hydrogen-bond acceptors (Lipinski definition) is 4. The second-order valence-corrected chi connectivity index (χ2v) is 6.85. The van der Waals surface area contributed by atoms with Crippen LogP contribution in [0, 0.1) is 11.8 Å². The minimum atomic E-state index is -0.753. The van der Waals surface area contributed by atoms with Gasteiger partial charge in [0.1, 0.15) is 11.5 Å². The topological polar surface area (TPSA) is 55.8 Å². The van der Waals surface area contributed by atoms with Crippen molar-refractivity contribution in [3.05, 3.63) is 41.4 Å². The fourth-order valence-corrected chi connectivity index (χ4v) is 4.18. The minimum Gasteiger partial charge on any atom is -0.465 e. The van der Waals surface area contributed by atoms with Crippen LogP contribution in [-0.2, 0) is 19.1 Å². The van der Waals surface area contributed by atoms with Gasteiger partial charge in [0.2, 0.25) is 5.91 Å². The van der Waals surface area contributed by atoms with Gasteiger partial charge in [-0.3, -0.25) is 9.59 Å². The minimum absolute atomic E-state index is 0.131. The number of fused-ring (bicyclic) bond motifs is 1. The monoisotopic (exact) mass is 347 g/mol. The fraction of sp³-hybridized carbons (Fsp3) is 0.444. The first-order valence-electron chi connectivity index (χ1n) is 8.17. The first-order valence-corrected chi connectivity index (χ1v) is 8.55. The van der Waals surface area contributed by atoms with Gasteiger partial charge in [0.05, 0.1) is 35.9 Å². The van der Waals surface area contributed by atoms with Crippen molar-refractivity contribution in [1.29, 1.82) is 0 Å². The van der Waals surface area contributed by atoms with E-state index >= 15 is 0 Å². The predicted molar refractivity (Wildman–Crippen MR) is 88.8 cm³/mol. The molecule has 2 unspecified atom stereocenters. The lowest BCUT2D eigenvalue weighted by Gasteiger charge is -2.22. The highest BCUT2D eigenvalue weighted by molar-refractivity contribution is 6.34. The van der Waals surface area contributed by atoms with Crippen molar-refractivity contribution >= 4 is 29.2 Å². The Morgan fingerprint density at radius 1 is 1.46 bits per heavy atom. The molecule has 2 fully saturated rings. The first kappa shape index (κ1) is 15.7. The second-order valence-electron chi connectivity index (χ2n) is 6.44. The highest BCUT2D eigenvalue weighted by atomic mass is 35.5. The normalized spacial score (nSPS) is 33.2. The smallest absolute Gasteiger partial charge is 0.312 e. The van der Waals surface area contributed by atoms with E-state index in [4.69, 9.17) is 21.1 Å². The highest BCUT2D eigenvalue weighted by Crippen LogP contribution is 2.53. The Labute approximate surface area is 145 Å². The standard InChI is InChI=1S/C18H18ClNO4/c1-2-9-23-17(22)14-13-7-8-18(24-13)10-20(16(21)15(14)18)12-6-4-3-5-11(12)19/h3-8,13-15H,2,9-10H2,1H3/t13-,14?,15-,18?/m1/s1. The SMILES string of the molecule is CCCOC(=O)C1[C@H]2C=CC3(CN(c4ccccc4Cl)C(=O)[C@@H]13)O2. The van der Waals surface area contributed by atoms with Crippen molar-refractivity contribution < 1.29 is 19.1 Å². The molecule has 0 aliphatic carbocycles. The zero-order chi connectivity index (χ0) is 16.9. The lowest BCUT2D eigenvalue weighted by Crippen LogP contribution is -2.40. The van der Waals surface area contributed by atoms with E-state index in [-0.39, 0.29) is 18.0 Å². The summed E-state index contributed by atoms with van der Waals surface area (Å²) in [5, 5.41) is 0.505. The zero-order valence-electron chi connectivity index (χ0n) is 13.3. The molecule has 126 valence electrons. The molecule has 2 bridgehead atoms. The number of nitrogens with zero attached hydrogens (tertiary/aromatic N) is 1. The van der Waals surface area contributed by atoms with Crippen LogP contribution >= 0.6 is 11.6 Å². The van der Waals surface area contributed by atoms with E-state index in [1.54, 1.807) is 17.0 Å². The molecule has 0 radical (unpaired) electrons. The summed E-state index contributed by atoms with van der Waals surface area (Å²) >= 11 is 6.25. The van der Waals surface area contributed by atoms with Crippen molar-refractivity contribution in [2.45, 2.75) is 25.0 Å². The molecular formula is C18H18ClNO4. The van der Waals surface area contributed by atoms with Crippen molar-refractivity contribution in [2.24, 2.45) is 11.8 Å². The fourth-order valence-electron chi connectivity index (χ4n) is 3.94. The molecule has 3 aliphatic rings. The molecule has 2 saturated heterocycles. The lowest BCUT2D eigenvalue weighted by atomic mass is 9.77. The van der Waals surface area contributed by atoms with Gasteiger partial charge in [0.25, 0.3) is 0 Å². The first-order chi connectivity index (χ1) is 11.6. The van der Waals surface area contributed by atoms with Gasteiger partial charge in [-0.1, -0.05) is 42.8 Å². The largest absolute Gasteiger partial charge is 0.465 e. The van der Waals surface area contributed by atoms with Crippen LogP contribution in [0.15, 0.2) is 36.4 Å². The Bertz CT molecular complexity index is 733. The van der Waals surface area contributed by atoms with Crippen LogP contribution in [0.4, 0.5) is 5.69 Å². The van der Waals surface area contributed by atoms with E-state index in [2.05, 4.69) is 0 Å². The Morgan fingerprint density at radius 2 is 2.25 bits per heavy atom. The van der Waals surface area contributed by atoms with E-state index in [0.29, 0.717) is 23.9 Å². The van der Waals surface area contributed by atoms with Gasteiger partial charge in [-0.2, -0.15) is 0 Å². The van der Waals surface area contributed by atoms with Gasteiger partial charge < -0.3 is 14.4 Å². The quantitative estimate of drug-likeness (QED) is 0.620. The number of para-hydroxylation sites is 1. The Morgan fingerprint density at radius 3 is 3.00 bits per heavy atom. The molecule has 4 rings (SSSR count). The van der Waals surface area contributed by atoms with Crippen LogP contribution in [0.1, 0.15) is 13.3 Å². The molecule has 6 heteroatoms. The van der Waals surface area contributed by atoms with E-state index in [1.807, 2.05) is 31.2 Å². The molecule has 4 atom stereocenters. The van der Waals surface area contributed by atoms with E-state index in [9.17, 15) is 9.59 Å². The third-order valence-corrected chi connectivity index (χ3v) is 5.28. The van der Waals surface area contributed by atoms with Gasteiger partial charge in [0.15, 0.2) is 0 Å². The molecule has 3 heterocycles. The molecule has 1 spiro atoms. The van der Waals surface area contributed by atoms with Crippen molar-refractivity contribution in [3.8, 4) is 0 Å². The van der Waals surface area contributed by atoms with Crippen LogP contribution in [0.2, 0.25) is 5.02 Å². The summed E-state index contributed by atoms with van der Waals surface area (Å²) in [6.45, 7) is 2.66. The molecule has 1 amide bonds. The summed E-state index contributed by atoms with van der Waals surface area (Å²) in [5.41, 5.74) is -0.106. The third kappa shape index (κ3) is 2.11. The summed E-state index contributed by atoms with van der Waals surface area (Å²) < 4.78 is 11.3. The Balaban J connectivity index is 1.67. The van der Waals surface area contributed by atoms with Gasteiger partial charge in [-0.25, -0.2) is 0 Å². The lowest BCUT2D eigenvalue weighted by molar-refractivity contribution is -0.152. The van der Waals surface area contributed by atoms with E-state index in [1.165, 1.54) is 0 Å². The highest BCUT2D eigenvalue weighted by Gasteiger charge is 2.67. The maximum Gasteiger partial charge on any atom is 0.312 e. The number of amides is 1. The average Bonchev–Trinajstić information content (AvgIpc) is 3.21. The third-order valence-electron chi connectivity index (χ3n) is 4.96. The van der Waals surface area contributed by atoms with E-state index in [0.717, 1.165) is 6.42 Å². The van der Waals surface area contributed by atoms with Crippen LogP contribution in [0.3, 0.4) is 0 Å². The number of benzene rings is 1. The maximum absolute atomic E-state index is 13.1. The zero-order valence-corrected chi connectivity index (χ0v) is 14.0. The summed E-state index contributed by atoms with van der Waals surface area (Å²) in [5.74, 6) is -1.62. The van der Waals surface area contributed by atoms with Crippen LogP contribution < -0.4 is 4.90 Å². The number of hydrogen-bond donors (Lipinski definition) is 0. The molecule has 1 aromatic rings. The number of carbonyl (C=O) groups excluding carboxylic acids is 2. The van der Waals surface area contributed by atoms with E-state index < -0.39 is 17.4 Å². The summed E-state index contributed by atoms with van der Waals surface area (Å²) in [6, 6.07) is 7.20. The number of rotatable bonds is 4. The molecular weight excluding hydrogens is 330 g/mol. The number of halogens is 1. The van der Waals surface area contributed by atoms with Gasteiger partial charge in [-0.05, 0) is 18.6 Å². The van der Waals surface area contributed by atoms with Crippen molar-refractivity contribution in [3.63, 3.8) is 0 Å². The van der Waals surface area contributed by atoms with Gasteiger partial charge >= 0.3 is 5.97 Å².